The molecule has 76 heavy (non-hydrogen) atoms. The number of aliphatic hydroxyl groups is 2. The normalized spacial score (nSPS) is 12.7. The summed E-state index contributed by atoms with van der Waals surface area (Å²) >= 11 is 0. The van der Waals surface area contributed by atoms with Gasteiger partial charge in [-0.1, -0.05) is 314 Å². The van der Waals surface area contributed by atoms with E-state index in [1.165, 1.54) is 289 Å². The zero-order valence-electron chi connectivity index (χ0n) is 51.3. The first-order valence-corrected chi connectivity index (χ1v) is 34.2. The third-order valence-corrected chi connectivity index (χ3v) is 15.9. The number of carbonyl (C=O) groups excluding carboxylic acids is 2. The molecule has 2 unspecified atom stereocenters. The molecule has 6 nitrogen and oxygen atoms in total. The summed E-state index contributed by atoms with van der Waals surface area (Å²) in [4.78, 5) is 24.6. The number of carbonyl (C=O) groups is 2. The Kier molecular flexibility index (Phi) is 63.9. The van der Waals surface area contributed by atoms with Gasteiger partial charge in [0.15, 0.2) is 0 Å². The van der Waals surface area contributed by atoms with E-state index in [1.54, 1.807) is 0 Å². The Balaban J connectivity index is 3.39. The van der Waals surface area contributed by atoms with E-state index in [0.29, 0.717) is 25.9 Å². The van der Waals surface area contributed by atoms with Gasteiger partial charge in [-0.05, 0) is 83.5 Å². The first-order valence-electron chi connectivity index (χ1n) is 34.2. The highest BCUT2D eigenvalue weighted by atomic mass is 16.5. The minimum absolute atomic E-state index is 0.00492. The fourth-order valence-electron chi connectivity index (χ4n) is 10.7. The minimum Gasteiger partial charge on any atom is -0.466 e. The molecular weight excluding hydrogens is 935 g/mol. The van der Waals surface area contributed by atoms with Gasteiger partial charge >= 0.3 is 5.97 Å². The molecule has 3 N–H and O–H groups in total. The van der Waals surface area contributed by atoms with Gasteiger partial charge in [-0.25, -0.2) is 0 Å². The summed E-state index contributed by atoms with van der Waals surface area (Å²) < 4.78 is 5.49. The quantitative estimate of drug-likeness (QED) is 0.0320. The van der Waals surface area contributed by atoms with Gasteiger partial charge in [0.25, 0.3) is 0 Å². The Morgan fingerprint density at radius 3 is 1.01 bits per heavy atom. The van der Waals surface area contributed by atoms with Crippen molar-refractivity contribution in [2.24, 2.45) is 0 Å². The summed E-state index contributed by atoms with van der Waals surface area (Å²) in [6, 6.07) is -0.542. The number of amides is 1. The van der Waals surface area contributed by atoms with Gasteiger partial charge in [0.2, 0.25) is 5.91 Å². The molecule has 0 saturated heterocycles. The summed E-state index contributed by atoms with van der Waals surface area (Å²) in [7, 11) is 0. The van der Waals surface area contributed by atoms with E-state index in [9.17, 15) is 19.8 Å². The Bertz CT molecular complexity index is 1230. The van der Waals surface area contributed by atoms with Crippen molar-refractivity contribution >= 4 is 11.9 Å². The van der Waals surface area contributed by atoms with Crippen LogP contribution in [0.4, 0.5) is 0 Å². The van der Waals surface area contributed by atoms with Gasteiger partial charge in [-0.15, -0.1) is 0 Å². The van der Waals surface area contributed by atoms with Gasteiger partial charge in [-0.2, -0.15) is 0 Å². The van der Waals surface area contributed by atoms with Gasteiger partial charge in [0.05, 0.1) is 25.4 Å². The van der Waals surface area contributed by atoms with Crippen molar-refractivity contribution in [2.45, 2.75) is 386 Å². The molecule has 0 heterocycles. The Morgan fingerprint density at radius 2 is 0.658 bits per heavy atom. The number of nitrogens with one attached hydrogen (secondary N) is 1. The summed E-state index contributed by atoms with van der Waals surface area (Å²) in [5.74, 6) is -0.0294. The molecule has 6 heteroatoms. The topological polar surface area (TPSA) is 95.9 Å². The summed E-state index contributed by atoms with van der Waals surface area (Å²) in [5.41, 5.74) is 0. The number of unbranched alkanes of at least 4 members (excludes halogenated alkanes) is 47. The standard InChI is InChI=1S/C70H133NO5/c1-3-5-7-9-11-13-15-17-19-36-40-44-48-52-56-60-64-70(75)76-65-61-57-53-49-45-41-37-34-32-30-28-26-24-22-20-21-23-25-27-29-31-33-35-39-43-47-51-55-59-63-69(74)71-67(66-72)68(73)62-58-54-50-46-42-38-18-16-14-12-10-8-6-4-2/h19-20,22,26,28,36,67-68,72-73H,3-18,21,23-25,27,29-35,37-66H2,1-2H3,(H,71,74)/b22-20-,28-26-,36-19-. The molecule has 0 saturated carbocycles. The maximum Gasteiger partial charge on any atom is 0.305 e. The molecule has 0 spiro atoms. The molecule has 0 bridgehead atoms. The van der Waals surface area contributed by atoms with Gasteiger partial charge in [-0.3, -0.25) is 9.59 Å². The van der Waals surface area contributed by atoms with Crippen molar-refractivity contribution < 1.29 is 24.5 Å². The third kappa shape index (κ3) is 61.3. The van der Waals surface area contributed by atoms with Gasteiger partial charge in [0, 0.05) is 12.8 Å². The van der Waals surface area contributed by atoms with Crippen LogP contribution in [0.2, 0.25) is 0 Å². The van der Waals surface area contributed by atoms with Crippen LogP contribution in [0.3, 0.4) is 0 Å². The van der Waals surface area contributed by atoms with Crippen molar-refractivity contribution in [1.82, 2.24) is 5.32 Å². The zero-order chi connectivity index (χ0) is 55.0. The number of ether oxygens (including phenoxy) is 1. The second kappa shape index (κ2) is 65.6. The molecule has 1 amide bonds. The van der Waals surface area contributed by atoms with Crippen molar-refractivity contribution in [3.8, 4) is 0 Å². The van der Waals surface area contributed by atoms with Gasteiger partial charge < -0.3 is 20.3 Å². The first-order chi connectivity index (χ1) is 37.5. The first kappa shape index (κ1) is 74.1. The van der Waals surface area contributed by atoms with E-state index in [0.717, 1.165) is 51.4 Å². The number of esters is 1. The molecule has 2 atom stereocenters. The van der Waals surface area contributed by atoms with Crippen molar-refractivity contribution in [3.05, 3.63) is 36.5 Å². The number of hydrogen-bond donors (Lipinski definition) is 3. The lowest BCUT2D eigenvalue weighted by molar-refractivity contribution is -0.143. The van der Waals surface area contributed by atoms with Crippen molar-refractivity contribution in [2.75, 3.05) is 13.2 Å². The maximum atomic E-state index is 12.5. The monoisotopic (exact) mass is 1070 g/mol. The largest absolute Gasteiger partial charge is 0.466 e. The number of allylic oxidation sites excluding steroid dienone is 6. The predicted molar refractivity (Wildman–Crippen MR) is 333 cm³/mol. The molecule has 0 aliphatic heterocycles. The van der Waals surface area contributed by atoms with E-state index in [-0.39, 0.29) is 18.5 Å². The average Bonchev–Trinajstić information content (AvgIpc) is 3.42. The molecule has 0 aliphatic carbocycles. The third-order valence-electron chi connectivity index (χ3n) is 15.9. The smallest absolute Gasteiger partial charge is 0.305 e. The fraction of sp³-hybridized carbons (Fsp3) is 0.886. The highest BCUT2D eigenvalue weighted by Gasteiger charge is 2.20. The van der Waals surface area contributed by atoms with E-state index in [2.05, 4.69) is 55.6 Å². The Labute approximate surface area is 474 Å². The molecule has 0 aromatic carbocycles. The second-order valence-corrected chi connectivity index (χ2v) is 23.5. The summed E-state index contributed by atoms with van der Waals surface area (Å²) in [6.45, 7) is 4.96. The van der Waals surface area contributed by atoms with Crippen LogP contribution in [0.1, 0.15) is 373 Å². The lowest BCUT2D eigenvalue weighted by Gasteiger charge is -2.22. The molecule has 448 valence electrons. The molecule has 0 radical (unpaired) electrons. The molecule has 0 fully saturated rings. The van der Waals surface area contributed by atoms with Crippen LogP contribution in [0.15, 0.2) is 36.5 Å². The van der Waals surface area contributed by atoms with E-state index < -0.39 is 12.1 Å². The van der Waals surface area contributed by atoms with Crippen molar-refractivity contribution in [1.29, 1.82) is 0 Å². The zero-order valence-corrected chi connectivity index (χ0v) is 51.3. The van der Waals surface area contributed by atoms with Crippen LogP contribution < -0.4 is 5.32 Å². The predicted octanol–water partition coefficient (Wildman–Crippen LogP) is 21.9. The Morgan fingerprint density at radius 1 is 0.368 bits per heavy atom. The molecule has 0 rings (SSSR count). The highest BCUT2D eigenvalue weighted by molar-refractivity contribution is 5.76. The summed E-state index contributed by atoms with van der Waals surface area (Å²) in [5, 5.41) is 23.3. The van der Waals surface area contributed by atoms with Crippen LogP contribution in [0, 0.1) is 0 Å². The van der Waals surface area contributed by atoms with Crippen LogP contribution in [-0.2, 0) is 14.3 Å². The molecule has 0 aromatic heterocycles. The highest BCUT2D eigenvalue weighted by Crippen LogP contribution is 2.18. The van der Waals surface area contributed by atoms with Crippen LogP contribution in [-0.4, -0.2) is 47.4 Å². The fourth-order valence-corrected chi connectivity index (χ4v) is 10.7. The number of rotatable bonds is 64. The van der Waals surface area contributed by atoms with Crippen molar-refractivity contribution in [3.63, 3.8) is 0 Å². The number of hydrogen-bond acceptors (Lipinski definition) is 5. The second-order valence-electron chi connectivity index (χ2n) is 23.5. The molecule has 0 aromatic rings. The lowest BCUT2D eigenvalue weighted by Crippen LogP contribution is -2.45. The Hall–Kier alpha value is -1.92. The maximum absolute atomic E-state index is 12.5. The van der Waals surface area contributed by atoms with E-state index in [4.69, 9.17) is 4.74 Å². The van der Waals surface area contributed by atoms with E-state index in [1.807, 2.05) is 0 Å². The van der Waals surface area contributed by atoms with E-state index >= 15 is 0 Å². The average molecular weight is 1070 g/mol. The molecule has 0 aliphatic rings. The number of aliphatic hydroxyl groups excluding tert-OH is 2. The molecular formula is C70H133NO5. The van der Waals surface area contributed by atoms with Crippen LogP contribution in [0.25, 0.3) is 0 Å². The van der Waals surface area contributed by atoms with Crippen LogP contribution in [0.5, 0.6) is 0 Å². The summed E-state index contributed by atoms with van der Waals surface area (Å²) in [6.07, 6.45) is 83.3. The van der Waals surface area contributed by atoms with Gasteiger partial charge in [0.1, 0.15) is 0 Å². The minimum atomic E-state index is -0.665. The lowest BCUT2D eigenvalue weighted by atomic mass is 10.0. The van der Waals surface area contributed by atoms with Crippen LogP contribution >= 0.6 is 0 Å². The SMILES string of the molecule is CCCCCCCCC/C=C\CCCCCCCC(=O)OCCCCCCCCCCC/C=C\C/C=C\CCCCCCCCCCCCCCCC(=O)NC(CO)C(O)CCCCCCCCCCCCCCCC.